The molecular formula is C14H18N2O2. The van der Waals surface area contributed by atoms with Crippen LogP contribution in [0.15, 0.2) is 30.3 Å². The molecule has 96 valence electrons. The average molecular weight is 246 g/mol. The monoisotopic (exact) mass is 246 g/mol. The molecule has 0 saturated heterocycles. The molecule has 1 aromatic carbocycles. The molecule has 2 unspecified atom stereocenters. The number of nitriles is 1. The van der Waals surface area contributed by atoms with E-state index in [4.69, 9.17) is 5.26 Å². The Morgan fingerprint density at radius 3 is 2.67 bits per heavy atom. The van der Waals surface area contributed by atoms with E-state index in [2.05, 4.69) is 5.32 Å². The Morgan fingerprint density at radius 1 is 1.44 bits per heavy atom. The van der Waals surface area contributed by atoms with Crippen molar-refractivity contribution in [1.29, 1.82) is 5.26 Å². The molecule has 0 fully saturated rings. The smallest absolute Gasteiger partial charge is 0.223 e. The lowest BCUT2D eigenvalue weighted by Crippen LogP contribution is -2.34. The van der Waals surface area contributed by atoms with E-state index >= 15 is 0 Å². The van der Waals surface area contributed by atoms with Gasteiger partial charge >= 0.3 is 0 Å². The Hall–Kier alpha value is -1.86. The van der Waals surface area contributed by atoms with Crippen LogP contribution in [0.1, 0.15) is 37.9 Å². The Bertz CT molecular complexity index is 412. The number of benzene rings is 1. The SMILES string of the molecule is CCCC(C#N)NC(=O)CC(O)c1ccccc1. The molecule has 0 bridgehead atoms. The summed E-state index contributed by atoms with van der Waals surface area (Å²) in [6, 6.07) is 10.6. The largest absolute Gasteiger partial charge is 0.388 e. The van der Waals surface area contributed by atoms with Gasteiger partial charge in [-0.3, -0.25) is 4.79 Å². The number of nitrogens with one attached hydrogen (secondary N) is 1. The van der Waals surface area contributed by atoms with Crippen LogP contribution in [0.4, 0.5) is 0 Å². The number of carbonyl (C=O) groups excluding carboxylic acids is 1. The molecule has 1 aromatic rings. The molecule has 2 N–H and O–H groups in total. The van der Waals surface area contributed by atoms with Crippen molar-refractivity contribution in [1.82, 2.24) is 5.32 Å². The summed E-state index contributed by atoms with van der Waals surface area (Å²) in [6.07, 6.45) is 0.613. The average Bonchev–Trinajstić information content (AvgIpc) is 2.39. The fourth-order valence-corrected chi connectivity index (χ4v) is 1.68. The molecule has 2 atom stereocenters. The highest BCUT2D eigenvalue weighted by molar-refractivity contribution is 5.77. The highest BCUT2D eigenvalue weighted by Gasteiger charge is 2.15. The van der Waals surface area contributed by atoms with Crippen molar-refractivity contribution >= 4 is 5.91 Å². The Morgan fingerprint density at radius 2 is 2.11 bits per heavy atom. The van der Waals surface area contributed by atoms with Gasteiger partial charge in [-0.2, -0.15) is 5.26 Å². The second-order valence-electron chi connectivity index (χ2n) is 4.17. The molecule has 1 amide bonds. The molecule has 0 aliphatic heterocycles. The summed E-state index contributed by atoms with van der Waals surface area (Å²) in [5.74, 6) is -0.300. The molecule has 1 rings (SSSR count). The zero-order chi connectivity index (χ0) is 13.4. The summed E-state index contributed by atoms with van der Waals surface area (Å²) in [5, 5.41) is 21.3. The van der Waals surface area contributed by atoms with E-state index in [1.807, 2.05) is 31.2 Å². The van der Waals surface area contributed by atoms with E-state index in [0.717, 1.165) is 6.42 Å². The summed E-state index contributed by atoms with van der Waals surface area (Å²) in [4.78, 5) is 11.6. The fraction of sp³-hybridized carbons (Fsp3) is 0.429. The third-order valence-corrected chi connectivity index (χ3v) is 2.63. The van der Waals surface area contributed by atoms with Crippen LogP contribution >= 0.6 is 0 Å². The van der Waals surface area contributed by atoms with Crippen molar-refractivity contribution in [2.45, 2.75) is 38.3 Å². The van der Waals surface area contributed by atoms with Crippen LogP contribution < -0.4 is 5.32 Å². The van der Waals surface area contributed by atoms with Crippen LogP contribution in [0.2, 0.25) is 0 Å². The second kappa shape index (κ2) is 7.46. The molecule has 4 heteroatoms. The lowest BCUT2D eigenvalue weighted by atomic mass is 10.1. The molecule has 0 saturated carbocycles. The first-order valence-electron chi connectivity index (χ1n) is 6.09. The van der Waals surface area contributed by atoms with Crippen molar-refractivity contribution in [3.63, 3.8) is 0 Å². The molecule has 0 radical (unpaired) electrons. The third-order valence-electron chi connectivity index (χ3n) is 2.63. The van der Waals surface area contributed by atoms with Crippen molar-refractivity contribution < 1.29 is 9.90 Å². The fourth-order valence-electron chi connectivity index (χ4n) is 1.68. The molecule has 4 nitrogen and oxygen atoms in total. The quantitative estimate of drug-likeness (QED) is 0.805. The van der Waals surface area contributed by atoms with Crippen LogP contribution in [0, 0.1) is 11.3 Å². The van der Waals surface area contributed by atoms with E-state index < -0.39 is 12.1 Å². The third kappa shape index (κ3) is 4.56. The van der Waals surface area contributed by atoms with E-state index in [0.29, 0.717) is 12.0 Å². The first-order valence-corrected chi connectivity index (χ1v) is 6.09. The van der Waals surface area contributed by atoms with Crippen molar-refractivity contribution in [2.75, 3.05) is 0 Å². The standard InChI is InChI=1S/C14H18N2O2/c1-2-6-12(10-15)16-14(18)9-13(17)11-7-4-3-5-8-11/h3-5,7-8,12-13,17H,2,6,9H2,1H3,(H,16,18). The normalized spacial score (nSPS) is 13.4. The van der Waals surface area contributed by atoms with Gasteiger partial charge in [0.2, 0.25) is 5.91 Å². The maximum atomic E-state index is 11.6. The van der Waals surface area contributed by atoms with Gasteiger partial charge in [0.05, 0.1) is 18.6 Å². The Kier molecular flexibility index (Phi) is 5.89. The lowest BCUT2D eigenvalue weighted by molar-refractivity contribution is -0.123. The molecule has 0 spiro atoms. The molecular weight excluding hydrogens is 228 g/mol. The number of aliphatic hydroxyl groups excluding tert-OH is 1. The van der Waals surface area contributed by atoms with Gasteiger partial charge in [0, 0.05) is 0 Å². The molecule has 0 aliphatic carbocycles. The maximum Gasteiger partial charge on any atom is 0.223 e. The van der Waals surface area contributed by atoms with Crippen LogP contribution in [0.3, 0.4) is 0 Å². The van der Waals surface area contributed by atoms with Crippen LogP contribution in [0.5, 0.6) is 0 Å². The number of amides is 1. The zero-order valence-electron chi connectivity index (χ0n) is 10.5. The number of hydrogen-bond donors (Lipinski definition) is 2. The summed E-state index contributed by atoms with van der Waals surface area (Å²) in [6.45, 7) is 1.95. The molecule has 0 aliphatic rings. The first kappa shape index (κ1) is 14.2. The van der Waals surface area contributed by atoms with Gasteiger partial charge < -0.3 is 10.4 Å². The Balaban J connectivity index is 2.48. The van der Waals surface area contributed by atoms with E-state index in [9.17, 15) is 9.90 Å². The minimum Gasteiger partial charge on any atom is -0.388 e. The highest BCUT2D eigenvalue weighted by Crippen LogP contribution is 2.15. The summed E-state index contributed by atoms with van der Waals surface area (Å²) >= 11 is 0. The van der Waals surface area contributed by atoms with Crippen molar-refractivity contribution in [3.8, 4) is 6.07 Å². The van der Waals surface area contributed by atoms with Gasteiger partial charge in [0.1, 0.15) is 6.04 Å². The van der Waals surface area contributed by atoms with Gasteiger partial charge in [-0.15, -0.1) is 0 Å². The number of aliphatic hydroxyl groups is 1. The number of rotatable bonds is 6. The lowest BCUT2D eigenvalue weighted by Gasteiger charge is -2.13. The van der Waals surface area contributed by atoms with Crippen LogP contribution in [-0.2, 0) is 4.79 Å². The van der Waals surface area contributed by atoms with Gasteiger partial charge in [0.15, 0.2) is 0 Å². The van der Waals surface area contributed by atoms with Gasteiger partial charge in [-0.05, 0) is 12.0 Å². The predicted octanol–water partition coefficient (Wildman–Crippen LogP) is 1.92. The molecule has 0 aromatic heterocycles. The van der Waals surface area contributed by atoms with Gasteiger partial charge in [-0.25, -0.2) is 0 Å². The Labute approximate surface area is 107 Å². The summed E-state index contributed by atoms with van der Waals surface area (Å²) < 4.78 is 0. The van der Waals surface area contributed by atoms with Crippen LogP contribution in [-0.4, -0.2) is 17.1 Å². The first-order chi connectivity index (χ1) is 8.67. The van der Waals surface area contributed by atoms with Crippen LogP contribution in [0.25, 0.3) is 0 Å². The molecule has 0 heterocycles. The van der Waals surface area contributed by atoms with E-state index in [1.54, 1.807) is 12.1 Å². The van der Waals surface area contributed by atoms with E-state index in [-0.39, 0.29) is 12.3 Å². The minimum atomic E-state index is -0.827. The zero-order valence-corrected chi connectivity index (χ0v) is 10.5. The maximum absolute atomic E-state index is 11.6. The topological polar surface area (TPSA) is 73.1 Å². The predicted molar refractivity (Wildman–Crippen MR) is 68.5 cm³/mol. The number of hydrogen-bond acceptors (Lipinski definition) is 3. The molecule has 18 heavy (non-hydrogen) atoms. The highest BCUT2D eigenvalue weighted by atomic mass is 16.3. The van der Waals surface area contributed by atoms with Crippen molar-refractivity contribution in [2.24, 2.45) is 0 Å². The van der Waals surface area contributed by atoms with E-state index in [1.165, 1.54) is 0 Å². The summed E-state index contributed by atoms with van der Waals surface area (Å²) in [5.41, 5.74) is 0.705. The van der Waals surface area contributed by atoms with Gasteiger partial charge in [0.25, 0.3) is 0 Å². The number of nitrogens with zero attached hydrogens (tertiary/aromatic N) is 1. The second-order valence-corrected chi connectivity index (χ2v) is 4.17. The minimum absolute atomic E-state index is 0.0219. The number of carbonyl (C=O) groups is 1. The summed E-state index contributed by atoms with van der Waals surface area (Å²) in [7, 11) is 0. The van der Waals surface area contributed by atoms with Gasteiger partial charge in [-0.1, -0.05) is 43.7 Å². The van der Waals surface area contributed by atoms with Crippen molar-refractivity contribution in [3.05, 3.63) is 35.9 Å².